The second-order valence-electron chi connectivity index (χ2n) is 3.77. The molecule has 0 bridgehead atoms. The molecule has 1 amide bonds. The molecule has 6 nitrogen and oxygen atoms in total. The molecule has 1 aromatic carbocycles. The number of rotatable bonds is 3. The third kappa shape index (κ3) is 2.39. The van der Waals surface area contributed by atoms with Crippen molar-refractivity contribution in [2.24, 2.45) is 5.92 Å². The van der Waals surface area contributed by atoms with Gasteiger partial charge in [-0.15, -0.1) is 0 Å². The number of carbonyl (C=O) groups excluding carboxylic acids is 1. The fourth-order valence-electron chi connectivity index (χ4n) is 1.43. The van der Waals surface area contributed by atoms with Gasteiger partial charge >= 0.3 is 0 Å². The highest BCUT2D eigenvalue weighted by Gasteiger charge is 2.25. The van der Waals surface area contributed by atoms with Gasteiger partial charge in [-0.05, 0) is 6.07 Å². The summed E-state index contributed by atoms with van der Waals surface area (Å²) < 4.78 is 13.3. The number of amides is 1. The molecule has 0 saturated carbocycles. The van der Waals surface area contributed by atoms with E-state index in [1.54, 1.807) is 0 Å². The Kier molecular flexibility index (Phi) is 3.01. The average Bonchev–Trinajstić information content (AvgIpc) is 2.18. The predicted molar refractivity (Wildman–Crippen MR) is 58.0 cm³/mol. The first-order chi connectivity index (χ1) is 8.08. The van der Waals surface area contributed by atoms with Crippen LogP contribution in [-0.2, 0) is 4.79 Å². The van der Waals surface area contributed by atoms with E-state index in [0.717, 1.165) is 18.2 Å². The number of non-ortho nitro benzene ring substituents is 1. The molecule has 1 aliphatic heterocycles. The van der Waals surface area contributed by atoms with Crippen molar-refractivity contribution < 1.29 is 14.1 Å². The zero-order chi connectivity index (χ0) is 12.4. The smallest absolute Gasteiger partial charge is 0.271 e. The van der Waals surface area contributed by atoms with Crippen LogP contribution < -0.4 is 10.6 Å². The fraction of sp³-hybridized carbons (Fsp3) is 0.300. The lowest BCUT2D eigenvalue weighted by atomic mass is 10.0. The standard InChI is InChI=1S/C10H10FN3O3/c11-8-2-1-7(14(16)17)3-9(8)13-10(15)6-4-12-5-6/h1-3,6,12H,4-5H2,(H,13,15). The van der Waals surface area contributed by atoms with E-state index in [-0.39, 0.29) is 23.2 Å². The van der Waals surface area contributed by atoms with Crippen molar-refractivity contribution in [3.63, 3.8) is 0 Å². The van der Waals surface area contributed by atoms with Crippen LogP contribution in [0.1, 0.15) is 0 Å². The van der Waals surface area contributed by atoms with Crippen LogP contribution in [0.2, 0.25) is 0 Å². The van der Waals surface area contributed by atoms with Crippen LogP contribution in [0.4, 0.5) is 15.8 Å². The number of hydrogen-bond acceptors (Lipinski definition) is 4. The fourth-order valence-corrected chi connectivity index (χ4v) is 1.43. The largest absolute Gasteiger partial charge is 0.323 e. The quantitative estimate of drug-likeness (QED) is 0.606. The summed E-state index contributed by atoms with van der Waals surface area (Å²) in [5.41, 5.74) is -0.412. The molecule has 0 atom stereocenters. The summed E-state index contributed by atoms with van der Waals surface area (Å²) in [5.74, 6) is -1.21. The Morgan fingerprint density at radius 1 is 1.53 bits per heavy atom. The van der Waals surface area contributed by atoms with Crippen LogP contribution in [0.25, 0.3) is 0 Å². The van der Waals surface area contributed by atoms with E-state index in [4.69, 9.17) is 0 Å². The molecule has 1 aliphatic rings. The Balaban J connectivity index is 2.16. The van der Waals surface area contributed by atoms with Gasteiger partial charge in [0.1, 0.15) is 5.82 Å². The van der Waals surface area contributed by atoms with Gasteiger partial charge < -0.3 is 10.6 Å². The minimum atomic E-state index is -0.684. The van der Waals surface area contributed by atoms with Crippen LogP contribution in [0.5, 0.6) is 0 Å². The van der Waals surface area contributed by atoms with Crippen LogP contribution in [0.15, 0.2) is 18.2 Å². The highest BCUT2D eigenvalue weighted by molar-refractivity contribution is 5.93. The highest BCUT2D eigenvalue weighted by Crippen LogP contribution is 2.22. The van der Waals surface area contributed by atoms with Gasteiger partial charge in [-0.3, -0.25) is 14.9 Å². The van der Waals surface area contributed by atoms with E-state index < -0.39 is 10.7 Å². The molecular weight excluding hydrogens is 229 g/mol. The van der Waals surface area contributed by atoms with Crippen LogP contribution in [-0.4, -0.2) is 23.9 Å². The average molecular weight is 239 g/mol. The predicted octanol–water partition coefficient (Wildman–Crippen LogP) is 0.892. The summed E-state index contributed by atoms with van der Waals surface area (Å²) in [5, 5.41) is 15.8. The van der Waals surface area contributed by atoms with Crippen LogP contribution in [0.3, 0.4) is 0 Å². The van der Waals surface area contributed by atoms with Gasteiger partial charge in [0.2, 0.25) is 5.91 Å². The van der Waals surface area contributed by atoms with Crippen molar-refractivity contribution in [1.82, 2.24) is 5.32 Å². The molecule has 7 heteroatoms. The van der Waals surface area contributed by atoms with Gasteiger partial charge in [0.05, 0.1) is 16.5 Å². The summed E-state index contributed by atoms with van der Waals surface area (Å²) in [4.78, 5) is 21.4. The number of nitro groups is 1. The van der Waals surface area contributed by atoms with Gasteiger partial charge in [0.25, 0.3) is 5.69 Å². The van der Waals surface area contributed by atoms with E-state index >= 15 is 0 Å². The van der Waals surface area contributed by atoms with Gasteiger partial charge in [-0.2, -0.15) is 0 Å². The molecule has 90 valence electrons. The van der Waals surface area contributed by atoms with E-state index in [2.05, 4.69) is 10.6 Å². The SMILES string of the molecule is O=C(Nc1cc([N+](=O)[O-])ccc1F)C1CNC1. The first-order valence-corrected chi connectivity index (χ1v) is 5.03. The van der Waals surface area contributed by atoms with Crippen molar-refractivity contribution in [2.45, 2.75) is 0 Å². The maximum atomic E-state index is 13.3. The van der Waals surface area contributed by atoms with E-state index in [1.165, 1.54) is 0 Å². The highest BCUT2D eigenvalue weighted by atomic mass is 19.1. The maximum absolute atomic E-state index is 13.3. The van der Waals surface area contributed by atoms with Crippen molar-refractivity contribution in [1.29, 1.82) is 0 Å². The molecule has 0 spiro atoms. The van der Waals surface area contributed by atoms with E-state index in [1.807, 2.05) is 0 Å². The Hall–Kier alpha value is -2.02. The summed E-state index contributed by atoms with van der Waals surface area (Å²) >= 11 is 0. The first-order valence-electron chi connectivity index (χ1n) is 5.03. The second-order valence-corrected chi connectivity index (χ2v) is 3.77. The second kappa shape index (κ2) is 4.46. The summed E-state index contributed by atoms with van der Waals surface area (Å²) in [6.45, 7) is 1.09. The number of anilines is 1. The Bertz CT molecular complexity index is 474. The number of nitrogens with zero attached hydrogens (tertiary/aromatic N) is 1. The maximum Gasteiger partial charge on any atom is 0.271 e. The summed E-state index contributed by atoms with van der Waals surface area (Å²) in [6.07, 6.45) is 0. The van der Waals surface area contributed by atoms with E-state index in [9.17, 15) is 19.3 Å². The van der Waals surface area contributed by atoms with Crippen LogP contribution >= 0.6 is 0 Å². The summed E-state index contributed by atoms with van der Waals surface area (Å²) in [6, 6.07) is 3.03. The normalized spacial score (nSPS) is 15.1. The number of carbonyl (C=O) groups is 1. The Labute approximate surface area is 96.0 Å². The molecule has 2 rings (SSSR count). The molecule has 0 aliphatic carbocycles. The first kappa shape index (κ1) is 11.5. The topological polar surface area (TPSA) is 84.3 Å². The van der Waals surface area contributed by atoms with Gasteiger partial charge in [-0.25, -0.2) is 4.39 Å². The third-order valence-corrected chi connectivity index (χ3v) is 2.57. The molecule has 0 radical (unpaired) electrons. The lowest BCUT2D eigenvalue weighted by Crippen LogP contribution is -2.48. The molecule has 1 aromatic rings. The molecule has 1 fully saturated rings. The Morgan fingerprint density at radius 2 is 2.24 bits per heavy atom. The van der Waals surface area contributed by atoms with Gasteiger partial charge in [-0.1, -0.05) is 0 Å². The molecular formula is C10H10FN3O3. The molecule has 0 aromatic heterocycles. The van der Waals surface area contributed by atoms with Crippen molar-refractivity contribution in [3.05, 3.63) is 34.1 Å². The summed E-state index contributed by atoms with van der Waals surface area (Å²) in [7, 11) is 0. The zero-order valence-electron chi connectivity index (χ0n) is 8.77. The number of halogens is 1. The number of nitro benzene ring substituents is 1. The molecule has 17 heavy (non-hydrogen) atoms. The molecule has 1 heterocycles. The Morgan fingerprint density at radius 3 is 2.76 bits per heavy atom. The number of nitrogens with one attached hydrogen (secondary N) is 2. The third-order valence-electron chi connectivity index (χ3n) is 2.57. The molecule has 0 unspecified atom stereocenters. The van der Waals surface area contributed by atoms with Crippen molar-refractivity contribution >= 4 is 17.3 Å². The minimum absolute atomic E-state index is 0.156. The minimum Gasteiger partial charge on any atom is -0.323 e. The van der Waals surface area contributed by atoms with Crippen LogP contribution in [0, 0.1) is 21.8 Å². The van der Waals surface area contributed by atoms with Gasteiger partial charge in [0, 0.05) is 25.2 Å². The number of benzene rings is 1. The lowest BCUT2D eigenvalue weighted by molar-refractivity contribution is -0.384. The monoisotopic (exact) mass is 239 g/mol. The lowest BCUT2D eigenvalue weighted by Gasteiger charge is -2.25. The number of hydrogen-bond donors (Lipinski definition) is 2. The van der Waals surface area contributed by atoms with E-state index in [0.29, 0.717) is 13.1 Å². The molecule has 1 saturated heterocycles. The van der Waals surface area contributed by atoms with Crippen molar-refractivity contribution in [2.75, 3.05) is 18.4 Å². The zero-order valence-corrected chi connectivity index (χ0v) is 8.77. The van der Waals surface area contributed by atoms with Crippen molar-refractivity contribution in [3.8, 4) is 0 Å². The molecule has 2 N–H and O–H groups in total. The van der Waals surface area contributed by atoms with Gasteiger partial charge in [0.15, 0.2) is 0 Å².